The maximum atomic E-state index is 2.33. The van der Waals surface area contributed by atoms with Crippen molar-refractivity contribution in [2.75, 3.05) is 25.6 Å². The number of hydrogen-bond acceptors (Lipinski definition) is 3. The van der Waals surface area contributed by atoms with E-state index >= 15 is 0 Å². The van der Waals surface area contributed by atoms with Crippen molar-refractivity contribution < 1.29 is 0 Å². The van der Waals surface area contributed by atoms with Gasteiger partial charge in [0.1, 0.15) is 4.71 Å². The highest BCUT2D eigenvalue weighted by Gasteiger charge is 2.12. The fourth-order valence-corrected chi connectivity index (χ4v) is 3.98. The van der Waals surface area contributed by atoms with Crippen LogP contribution in [0.25, 0.3) is 0 Å². The third-order valence-electron chi connectivity index (χ3n) is 1.98. The molecule has 0 spiro atoms. The average Bonchev–Trinajstić information content (AvgIpc) is 2.15. The predicted molar refractivity (Wildman–Crippen MR) is 60.9 cm³/mol. The molecule has 1 fully saturated rings. The quantitative estimate of drug-likeness (QED) is 0.648. The molecule has 0 amide bonds. The Labute approximate surface area is 84.7 Å². The summed E-state index contributed by atoms with van der Waals surface area (Å²) in [5.74, 6) is 2.69. The van der Waals surface area contributed by atoms with Gasteiger partial charge in [0.05, 0.1) is 0 Å². The van der Waals surface area contributed by atoms with Crippen LogP contribution < -0.4 is 0 Å². The minimum atomic E-state index is 0.697. The highest BCUT2D eigenvalue weighted by Crippen LogP contribution is 2.29. The van der Waals surface area contributed by atoms with Gasteiger partial charge in [-0.15, -0.1) is 23.5 Å². The van der Waals surface area contributed by atoms with Crippen LogP contribution in [0.5, 0.6) is 0 Å². The third-order valence-corrected chi connectivity index (χ3v) is 5.26. The van der Waals surface area contributed by atoms with Crippen molar-refractivity contribution in [1.82, 2.24) is 4.90 Å². The molecular formula is C9H19NS2. The number of nitrogens with zero attached hydrogens (tertiary/aromatic N) is 1. The topological polar surface area (TPSA) is 3.24 Å². The molecule has 0 saturated carbocycles. The molecule has 0 aromatic rings. The molecule has 0 N–H and O–H groups in total. The second-order valence-corrected chi connectivity index (χ2v) is 6.10. The van der Waals surface area contributed by atoms with Gasteiger partial charge in [0.15, 0.2) is 0 Å². The van der Waals surface area contributed by atoms with Crippen LogP contribution in [0.2, 0.25) is 0 Å². The van der Waals surface area contributed by atoms with Crippen molar-refractivity contribution in [3.05, 3.63) is 0 Å². The van der Waals surface area contributed by atoms with Gasteiger partial charge in [-0.25, -0.2) is 0 Å². The highest BCUT2D eigenvalue weighted by molar-refractivity contribution is 8.16. The zero-order valence-corrected chi connectivity index (χ0v) is 9.72. The maximum absolute atomic E-state index is 2.33. The van der Waals surface area contributed by atoms with Crippen LogP contribution in [0.3, 0.4) is 0 Å². The normalized spacial score (nSPS) is 23.2. The molecule has 1 aliphatic rings. The maximum Gasteiger partial charge on any atom is 0.102 e. The van der Waals surface area contributed by atoms with Crippen molar-refractivity contribution in [1.29, 1.82) is 0 Å². The van der Waals surface area contributed by atoms with E-state index in [1.807, 2.05) is 0 Å². The Hall–Kier alpha value is 0.660. The fraction of sp³-hybridized carbons (Fsp3) is 1.00. The molecule has 1 saturated heterocycles. The summed E-state index contributed by atoms with van der Waals surface area (Å²) in [6.07, 6.45) is 5.70. The lowest BCUT2D eigenvalue weighted by molar-refractivity contribution is 0.460. The second-order valence-electron chi connectivity index (χ2n) is 3.43. The zero-order chi connectivity index (χ0) is 8.81. The Morgan fingerprint density at radius 1 is 0.917 bits per heavy atom. The largest absolute Gasteiger partial charge is 0.289 e. The van der Waals surface area contributed by atoms with Gasteiger partial charge in [-0.1, -0.05) is 12.8 Å². The Morgan fingerprint density at radius 3 is 1.83 bits per heavy atom. The standard InChI is InChI=1S/C9H19NS2/c1-10(2)9-11-7-5-3-4-6-8-12-9/h9H,3-8H2,1-2H3. The molecule has 0 aromatic carbocycles. The Bertz CT molecular complexity index is 107. The summed E-state index contributed by atoms with van der Waals surface area (Å²) in [5, 5.41) is 0. The van der Waals surface area contributed by atoms with Gasteiger partial charge in [0.2, 0.25) is 0 Å². The van der Waals surface area contributed by atoms with E-state index in [4.69, 9.17) is 0 Å². The summed E-state index contributed by atoms with van der Waals surface area (Å²) in [7, 11) is 4.37. The van der Waals surface area contributed by atoms with Crippen LogP contribution in [-0.4, -0.2) is 35.2 Å². The zero-order valence-electron chi connectivity index (χ0n) is 8.08. The van der Waals surface area contributed by atoms with Crippen LogP contribution in [0, 0.1) is 0 Å². The molecular weight excluding hydrogens is 186 g/mol. The third kappa shape index (κ3) is 4.06. The first-order chi connectivity index (χ1) is 5.80. The molecule has 1 aliphatic heterocycles. The van der Waals surface area contributed by atoms with Crippen LogP contribution in [0.1, 0.15) is 25.7 Å². The van der Waals surface area contributed by atoms with Gasteiger partial charge in [0, 0.05) is 0 Å². The minimum Gasteiger partial charge on any atom is -0.289 e. The summed E-state index contributed by atoms with van der Waals surface area (Å²) in [4.78, 5) is 2.33. The molecule has 1 rings (SSSR count). The van der Waals surface area contributed by atoms with E-state index in [0.717, 1.165) is 0 Å². The van der Waals surface area contributed by atoms with Crippen LogP contribution in [0.4, 0.5) is 0 Å². The fourth-order valence-electron chi connectivity index (χ4n) is 1.27. The Balaban J connectivity index is 2.28. The van der Waals surface area contributed by atoms with Crippen molar-refractivity contribution in [2.45, 2.75) is 30.4 Å². The Morgan fingerprint density at radius 2 is 1.42 bits per heavy atom. The molecule has 0 aliphatic carbocycles. The van der Waals surface area contributed by atoms with Gasteiger partial charge in [-0.05, 0) is 38.4 Å². The molecule has 0 atom stereocenters. The molecule has 0 aromatic heterocycles. The van der Waals surface area contributed by atoms with Crippen molar-refractivity contribution in [3.8, 4) is 0 Å². The summed E-state index contributed by atoms with van der Waals surface area (Å²) >= 11 is 4.22. The van der Waals surface area contributed by atoms with Crippen LogP contribution >= 0.6 is 23.5 Å². The van der Waals surface area contributed by atoms with Gasteiger partial charge in [0.25, 0.3) is 0 Å². The molecule has 0 radical (unpaired) electrons. The first kappa shape index (κ1) is 10.7. The smallest absolute Gasteiger partial charge is 0.102 e. The number of rotatable bonds is 1. The lowest BCUT2D eigenvalue weighted by Crippen LogP contribution is -2.22. The highest BCUT2D eigenvalue weighted by atomic mass is 32.2. The Kier molecular flexibility index (Phi) is 5.52. The van der Waals surface area contributed by atoms with E-state index in [2.05, 4.69) is 42.5 Å². The molecule has 0 unspecified atom stereocenters. The molecule has 1 nitrogen and oxygen atoms in total. The first-order valence-electron chi connectivity index (χ1n) is 4.70. The van der Waals surface area contributed by atoms with Crippen LogP contribution in [-0.2, 0) is 0 Å². The van der Waals surface area contributed by atoms with Crippen molar-refractivity contribution in [2.24, 2.45) is 0 Å². The second kappa shape index (κ2) is 6.17. The van der Waals surface area contributed by atoms with Gasteiger partial charge >= 0.3 is 0 Å². The minimum absolute atomic E-state index is 0.697. The first-order valence-corrected chi connectivity index (χ1v) is 6.80. The van der Waals surface area contributed by atoms with E-state index in [-0.39, 0.29) is 0 Å². The summed E-state index contributed by atoms with van der Waals surface area (Å²) in [6, 6.07) is 0. The molecule has 3 heteroatoms. The monoisotopic (exact) mass is 205 g/mol. The number of hydrogen-bond donors (Lipinski definition) is 0. The molecule has 12 heavy (non-hydrogen) atoms. The molecule has 0 bridgehead atoms. The van der Waals surface area contributed by atoms with E-state index in [0.29, 0.717) is 4.71 Å². The predicted octanol–water partition coefficient (Wildman–Crippen LogP) is 2.87. The van der Waals surface area contributed by atoms with Crippen molar-refractivity contribution in [3.63, 3.8) is 0 Å². The summed E-state index contributed by atoms with van der Waals surface area (Å²) < 4.78 is 0.697. The van der Waals surface area contributed by atoms with E-state index in [1.54, 1.807) is 0 Å². The van der Waals surface area contributed by atoms with Crippen molar-refractivity contribution >= 4 is 23.5 Å². The SMILES string of the molecule is CN(C)C1SCCCCCCS1. The van der Waals surface area contributed by atoms with Gasteiger partial charge in [-0.2, -0.15) is 0 Å². The van der Waals surface area contributed by atoms with Crippen LogP contribution in [0.15, 0.2) is 0 Å². The summed E-state index contributed by atoms with van der Waals surface area (Å²) in [5.41, 5.74) is 0. The average molecular weight is 205 g/mol. The molecule has 72 valence electrons. The number of thioether (sulfide) groups is 2. The lowest BCUT2D eigenvalue weighted by Gasteiger charge is -2.22. The lowest BCUT2D eigenvalue weighted by atomic mass is 10.2. The van der Waals surface area contributed by atoms with Gasteiger partial charge in [-0.3, -0.25) is 4.90 Å². The summed E-state index contributed by atoms with van der Waals surface area (Å²) in [6.45, 7) is 0. The van der Waals surface area contributed by atoms with E-state index in [9.17, 15) is 0 Å². The van der Waals surface area contributed by atoms with E-state index in [1.165, 1.54) is 37.2 Å². The van der Waals surface area contributed by atoms with Gasteiger partial charge < -0.3 is 0 Å². The molecule has 1 heterocycles. The van der Waals surface area contributed by atoms with E-state index < -0.39 is 0 Å².